The fourth-order valence-electron chi connectivity index (χ4n) is 1.04. The van der Waals surface area contributed by atoms with Crippen molar-refractivity contribution in [2.75, 3.05) is 12.5 Å². The minimum atomic E-state index is 0.581. The highest BCUT2D eigenvalue weighted by Gasteiger charge is 1.91. The second-order valence-electron chi connectivity index (χ2n) is 2.70. The van der Waals surface area contributed by atoms with E-state index in [0.717, 1.165) is 17.7 Å². The van der Waals surface area contributed by atoms with E-state index >= 15 is 0 Å². The lowest BCUT2D eigenvalue weighted by molar-refractivity contribution is 0.340. The van der Waals surface area contributed by atoms with Crippen LogP contribution in [0.1, 0.15) is 18.9 Å². The van der Waals surface area contributed by atoms with Crippen molar-refractivity contribution in [2.45, 2.75) is 13.3 Å². The van der Waals surface area contributed by atoms with Gasteiger partial charge in [0, 0.05) is 17.9 Å². The fraction of sp³-hybridized carbons (Fsp3) is 0.333. The zero-order valence-corrected chi connectivity index (χ0v) is 8.97. The third-order valence-electron chi connectivity index (χ3n) is 1.60. The number of hydrogen-bond donors (Lipinski definition) is 0. The van der Waals surface area contributed by atoms with Gasteiger partial charge in [-0.15, -0.1) is 11.6 Å². The smallest absolute Gasteiger partial charge is 0.120 e. The maximum absolute atomic E-state index is 5.52. The van der Waals surface area contributed by atoms with Crippen LogP contribution in [0.15, 0.2) is 24.3 Å². The van der Waals surface area contributed by atoms with Crippen LogP contribution in [-0.2, 0) is 0 Å². The summed E-state index contributed by atoms with van der Waals surface area (Å²) in [6.45, 7) is 2.64. The van der Waals surface area contributed by atoms with Crippen LogP contribution in [-0.4, -0.2) is 12.5 Å². The van der Waals surface area contributed by atoms with Gasteiger partial charge in [0.15, 0.2) is 0 Å². The van der Waals surface area contributed by atoms with E-state index in [4.69, 9.17) is 16.3 Å². The summed E-state index contributed by atoms with van der Waals surface area (Å²) in [6, 6.07) is 7.76. The minimum absolute atomic E-state index is 0.581. The molecule has 0 aliphatic rings. The first-order valence-corrected chi connectivity index (χ1v) is 5.18. The molecular weight excluding hydrogens is 196 g/mol. The Morgan fingerprint density at radius 2 is 2.29 bits per heavy atom. The lowest BCUT2D eigenvalue weighted by Crippen LogP contribution is -1.91. The number of halogens is 1. The van der Waals surface area contributed by atoms with E-state index in [9.17, 15) is 0 Å². The van der Waals surface area contributed by atoms with Gasteiger partial charge in [-0.25, -0.2) is 0 Å². The molecule has 0 aliphatic carbocycles. The molecule has 0 fully saturated rings. The van der Waals surface area contributed by atoms with Crippen LogP contribution in [0.25, 0.3) is 0 Å². The predicted molar refractivity (Wildman–Crippen MR) is 59.8 cm³/mol. The zero-order chi connectivity index (χ0) is 10.2. The molecule has 0 spiro atoms. The molecule has 1 rings (SSSR count). The summed E-state index contributed by atoms with van der Waals surface area (Å²) in [7, 11) is 0. The van der Waals surface area contributed by atoms with Crippen LogP contribution in [0.4, 0.5) is 0 Å². The van der Waals surface area contributed by atoms with Crippen LogP contribution in [0.2, 0.25) is 0 Å². The van der Waals surface area contributed by atoms with Crippen LogP contribution in [0, 0.1) is 11.8 Å². The monoisotopic (exact) mass is 208 g/mol. The number of hydrogen-bond acceptors (Lipinski definition) is 1. The van der Waals surface area contributed by atoms with Crippen LogP contribution in [0.3, 0.4) is 0 Å². The third kappa shape index (κ3) is 3.72. The molecule has 2 heteroatoms. The summed E-state index contributed by atoms with van der Waals surface area (Å²) >= 11 is 5.52. The molecule has 0 bridgehead atoms. The van der Waals surface area contributed by atoms with E-state index in [1.165, 1.54) is 0 Å². The molecule has 0 N–H and O–H groups in total. The van der Waals surface area contributed by atoms with Gasteiger partial charge in [-0.05, 0) is 25.1 Å². The van der Waals surface area contributed by atoms with Gasteiger partial charge in [0.1, 0.15) is 5.75 Å². The molecule has 0 radical (unpaired) electrons. The van der Waals surface area contributed by atoms with Crippen molar-refractivity contribution in [2.24, 2.45) is 0 Å². The Bertz CT molecular complexity index is 336. The van der Waals surface area contributed by atoms with Crippen molar-refractivity contribution in [1.82, 2.24) is 0 Å². The Kier molecular flexibility index (Phi) is 4.96. The Morgan fingerprint density at radius 1 is 1.43 bits per heavy atom. The summed E-state index contributed by atoms with van der Waals surface area (Å²) in [5, 5.41) is 0. The molecule has 0 heterocycles. The molecule has 0 amide bonds. The quantitative estimate of drug-likeness (QED) is 0.548. The van der Waals surface area contributed by atoms with Crippen LogP contribution < -0.4 is 4.74 Å². The van der Waals surface area contributed by atoms with Gasteiger partial charge in [-0.2, -0.15) is 0 Å². The maximum atomic E-state index is 5.52. The average molecular weight is 209 g/mol. The first kappa shape index (κ1) is 10.9. The molecule has 1 nitrogen and oxygen atoms in total. The Hall–Kier alpha value is -1.13. The molecule has 14 heavy (non-hydrogen) atoms. The number of alkyl halides is 1. The van der Waals surface area contributed by atoms with E-state index in [2.05, 4.69) is 11.8 Å². The Morgan fingerprint density at radius 3 is 3.00 bits per heavy atom. The average Bonchev–Trinajstić information content (AvgIpc) is 2.19. The third-order valence-corrected chi connectivity index (χ3v) is 1.79. The first-order chi connectivity index (χ1) is 6.86. The molecule has 1 aromatic rings. The van der Waals surface area contributed by atoms with E-state index in [-0.39, 0.29) is 0 Å². The number of rotatable bonds is 3. The molecule has 0 aromatic heterocycles. The topological polar surface area (TPSA) is 9.23 Å². The second-order valence-corrected chi connectivity index (χ2v) is 3.08. The Balaban J connectivity index is 2.69. The largest absolute Gasteiger partial charge is 0.494 e. The zero-order valence-electron chi connectivity index (χ0n) is 8.22. The first-order valence-electron chi connectivity index (χ1n) is 4.64. The molecule has 1 aromatic carbocycles. The van der Waals surface area contributed by atoms with Gasteiger partial charge in [-0.1, -0.05) is 17.9 Å². The van der Waals surface area contributed by atoms with Gasteiger partial charge in [0.05, 0.1) is 6.61 Å². The highest BCUT2D eigenvalue weighted by molar-refractivity contribution is 6.18. The van der Waals surface area contributed by atoms with E-state index in [0.29, 0.717) is 12.5 Å². The lowest BCUT2D eigenvalue weighted by atomic mass is 10.2. The SMILES string of the molecule is CCOc1cccc(C#CCCCl)c1. The molecule has 0 aliphatic heterocycles. The minimum Gasteiger partial charge on any atom is -0.494 e. The lowest BCUT2D eigenvalue weighted by Gasteiger charge is -2.01. The summed E-state index contributed by atoms with van der Waals surface area (Å²) in [6.07, 6.45) is 0.723. The van der Waals surface area contributed by atoms with Crippen molar-refractivity contribution < 1.29 is 4.74 Å². The molecule has 0 saturated heterocycles. The van der Waals surface area contributed by atoms with Gasteiger partial charge < -0.3 is 4.74 Å². The van der Waals surface area contributed by atoms with Crippen molar-refractivity contribution in [3.05, 3.63) is 29.8 Å². The van der Waals surface area contributed by atoms with Crippen molar-refractivity contribution in [1.29, 1.82) is 0 Å². The number of ether oxygens (including phenoxy) is 1. The van der Waals surface area contributed by atoms with Gasteiger partial charge in [-0.3, -0.25) is 0 Å². The molecule has 0 saturated carbocycles. The van der Waals surface area contributed by atoms with E-state index in [1.54, 1.807) is 0 Å². The second kappa shape index (κ2) is 6.34. The predicted octanol–water partition coefficient (Wildman–Crippen LogP) is 3.07. The van der Waals surface area contributed by atoms with Crippen molar-refractivity contribution in [3.63, 3.8) is 0 Å². The summed E-state index contributed by atoms with van der Waals surface area (Å²) < 4.78 is 5.36. The van der Waals surface area contributed by atoms with Gasteiger partial charge in [0.25, 0.3) is 0 Å². The number of benzene rings is 1. The van der Waals surface area contributed by atoms with Crippen LogP contribution in [0.5, 0.6) is 5.75 Å². The normalized spacial score (nSPS) is 9.00. The van der Waals surface area contributed by atoms with Crippen molar-refractivity contribution in [3.8, 4) is 17.6 Å². The highest BCUT2D eigenvalue weighted by Crippen LogP contribution is 2.12. The van der Waals surface area contributed by atoms with Crippen LogP contribution >= 0.6 is 11.6 Å². The summed E-state index contributed by atoms with van der Waals surface area (Å²) in [4.78, 5) is 0. The Labute approximate surface area is 90.0 Å². The summed E-state index contributed by atoms with van der Waals surface area (Å²) in [5.74, 6) is 7.46. The van der Waals surface area contributed by atoms with Gasteiger partial charge >= 0.3 is 0 Å². The molecule has 0 unspecified atom stereocenters. The van der Waals surface area contributed by atoms with E-state index < -0.39 is 0 Å². The van der Waals surface area contributed by atoms with Crippen molar-refractivity contribution >= 4 is 11.6 Å². The molecular formula is C12H13ClO. The van der Waals surface area contributed by atoms with Gasteiger partial charge in [0.2, 0.25) is 0 Å². The highest BCUT2D eigenvalue weighted by atomic mass is 35.5. The summed E-state index contributed by atoms with van der Waals surface area (Å²) in [5.41, 5.74) is 0.973. The molecule has 74 valence electrons. The van der Waals surface area contributed by atoms with E-state index in [1.807, 2.05) is 31.2 Å². The fourth-order valence-corrected chi connectivity index (χ4v) is 1.14. The standard InChI is InChI=1S/C12H13ClO/c1-2-14-12-8-5-7-11(10-12)6-3-4-9-13/h5,7-8,10H,2,4,9H2,1H3. The molecule has 0 atom stereocenters. The maximum Gasteiger partial charge on any atom is 0.120 e.